The third-order valence-electron chi connectivity index (χ3n) is 3.45. The van der Waals surface area contributed by atoms with Crippen molar-refractivity contribution in [2.24, 2.45) is 0 Å². The fraction of sp³-hybridized carbons (Fsp3) is 0.100. The zero-order valence-corrected chi connectivity index (χ0v) is 15.9. The fourth-order valence-electron chi connectivity index (χ4n) is 2.21. The molecule has 0 fully saturated rings. The summed E-state index contributed by atoms with van der Waals surface area (Å²) in [7, 11) is 0. The van der Waals surface area contributed by atoms with Gasteiger partial charge in [-0.2, -0.15) is 0 Å². The molecule has 0 saturated heterocycles. The van der Waals surface area contributed by atoms with Gasteiger partial charge in [-0.3, -0.25) is 24.6 Å². The Morgan fingerprint density at radius 1 is 0.690 bits per heavy atom. The molecule has 9 heteroatoms. The zero-order chi connectivity index (χ0) is 21.2. The van der Waals surface area contributed by atoms with Gasteiger partial charge in [-0.05, 0) is 31.2 Å². The second-order valence-electron chi connectivity index (χ2n) is 5.94. The van der Waals surface area contributed by atoms with Crippen LogP contribution in [0.3, 0.4) is 0 Å². The Labute approximate surface area is 167 Å². The first-order valence-corrected chi connectivity index (χ1v) is 8.63. The molecule has 0 aliphatic carbocycles. The molecule has 0 radical (unpaired) electrons. The lowest BCUT2D eigenvalue weighted by molar-refractivity contribution is -0.136. The van der Waals surface area contributed by atoms with Crippen LogP contribution in [0.15, 0.2) is 66.4 Å². The summed E-state index contributed by atoms with van der Waals surface area (Å²) < 4.78 is 0. The van der Waals surface area contributed by atoms with Crippen LogP contribution in [0.4, 0.5) is 17.1 Å². The summed E-state index contributed by atoms with van der Waals surface area (Å²) in [5.41, 5.74) is 6.34. The number of benzene rings is 2. The van der Waals surface area contributed by atoms with Gasteiger partial charge in [-0.15, -0.1) is 0 Å². The molecule has 0 bridgehead atoms. The van der Waals surface area contributed by atoms with Crippen molar-refractivity contribution in [2.75, 3.05) is 16.0 Å². The van der Waals surface area contributed by atoms with E-state index in [1.165, 1.54) is 19.9 Å². The summed E-state index contributed by atoms with van der Waals surface area (Å²) in [6.07, 6.45) is 1.19. The normalized spacial score (nSPS) is 10.5. The Kier molecular flexibility index (Phi) is 7.49. The molecule has 0 spiro atoms. The van der Waals surface area contributed by atoms with Crippen molar-refractivity contribution < 1.29 is 19.2 Å². The Balaban J connectivity index is 1.88. The topological polar surface area (TPSA) is 128 Å². The number of hydrogen-bond acceptors (Lipinski definition) is 5. The van der Waals surface area contributed by atoms with Crippen LogP contribution in [0.1, 0.15) is 13.8 Å². The zero-order valence-electron chi connectivity index (χ0n) is 15.9. The minimum Gasteiger partial charge on any atom is -0.325 e. The van der Waals surface area contributed by atoms with Crippen molar-refractivity contribution in [1.29, 1.82) is 0 Å². The van der Waals surface area contributed by atoms with Crippen LogP contribution in [0, 0.1) is 0 Å². The van der Waals surface area contributed by atoms with E-state index in [-0.39, 0.29) is 5.91 Å². The molecule has 2 aromatic rings. The number of allylic oxidation sites excluding steroid dienone is 1. The van der Waals surface area contributed by atoms with E-state index in [2.05, 4.69) is 26.8 Å². The van der Waals surface area contributed by atoms with Gasteiger partial charge < -0.3 is 21.4 Å². The van der Waals surface area contributed by atoms with Gasteiger partial charge in [-0.1, -0.05) is 30.3 Å². The molecule has 0 unspecified atom stereocenters. The fourth-order valence-corrected chi connectivity index (χ4v) is 2.21. The van der Waals surface area contributed by atoms with Crippen molar-refractivity contribution >= 4 is 40.7 Å². The maximum absolute atomic E-state index is 12.1. The highest BCUT2D eigenvalue weighted by molar-refractivity contribution is 6.39. The lowest BCUT2D eigenvalue weighted by Crippen LogP contribution is -2.43. The molecule has 0 heterocycles. The Bertz CT molecular complexity index is 941. The maximum atomic E-state index is 12.1. The van der Waals surface area contributed by atoms with E-state index in [4.69, 9.17) is 0 Å². The maximum Gasteiger partial charge on any atom is 0.327 e. The highest BCUT2D eigenvalue weighted by Crippen LogP contribution is 2.20. The monoisotopic (exact) mass is 395 g/mol. The minimum absolute atomic E-state index is 0.267. The van der Waals surface area contributed by atoms with E-state index >= 15 is 0 Å². The van der Waals surface area contributed by atoms with Gasteiger partial charge in [0.05, 0.1) is 11.4 Å². The summed E-state index contributed by atoms with van der Waals surface area (Å²) in [6.45, 7) is 2.90. The lowest BCUT2D eigenvalue weighted by atomic mass is 10.2. The highest BCUT2D eigenvalue weighted by atomic mass is 16.2. The largest absolute Gasteiger partial charge is 0.327 e. The van der Waals surface area contributed by atoms with E-state index < -0.39 is 17.7 Å². The van der Waals surface area contributed by atoms with E-state index in [0.717, 1.165) is 0 Å². The summed E-state index contributed by atoms with van der Waals surface area (Å²) in [6, 6.07) is 15.2. The number of rotatable bonds is 6. The van der Waals surface area contributed by atoms with Crippen LogP contribution in [0.5, 0.6) is 0 Å². The smallest absolute Gasteiger partial charge is 0.325 e. The predicted octanol–water partition coefficient (Wildman–Crippen LogP) is 1.75. The molecule has 29 heavy (non-hydrogen) atoms. The van der Waals surface area contributed by atoms with Crippen LogP contribution < -0.4 is 26.8 Å². The SMILES string of the molecule is CC(=O)Nc1ccccc1NC(=O)/C=C(/C)NNC(=O)C(=O)Nc1ccccc1. The Morgan fingerprint density at radius 3 is 1.90 bits per heavy atom. The molecule has 2 aromatic carbocycles. The van der Waals surface area contributed by atoms with Gasteiger partial charge in [0, 0.05) is 24.4 Å². The number of anilines is 3. The second kappa shape index (κ2) is 10.3. The molecule has 0 atom stereocenters. The number of hydrazine groups is 1. The molecular weight excluding hydrogens is 374 g/mol. The van der Waals surface area contributed by atoms with Gasteiger partial charge in [0.15, 0.2) is 0 Å². The molecule has 0 saturated carbocycles. The van der Waals surface area contributed by atoms with Crippen LogP contribution in [-0.4, -0.2) is 23.6 Å². The molecule has 0 aliphatic rings. The van der Waals surface area contributed by atoms with Gasteiger partial charge in [0.1, 0.15) is 0 Å². The van der Waals surface area contributed by atoms with Crippen LogP contribution in [0.25, 0.3) is 0 Å². The molecule has 0 aliphatic heterocycles. The number of carbonyl (C=O) groups excluding carboxylic acids is 4. The Morgan fingerprint density at radius 2 is 1.28 bits per heavy atom. The summed E-state index contributed by atoms with van der Waals surface area (Å²) in [5, 5.41) is 7.68. The number of nitrogens with one attached hydrogen (secondary N) is 5. The molecule has 150 valence electrons. The number of amides is 4. The first kappa shape index (κ1) is 21.2. The molecule has 5 N–H and O–H groups in total. The molecular formula is C20H21N5O4. The number of hydrogen-bond donors (Lipinski definition) is 5. The molecule has 4 amide bonds. The third kappa shape index (κ3) is 7.18. The van der Waals surface area contributed by atoms with Gasteiger partial charge in [0.2, 0.25) is 11.8 Å². The second-order valence-corrected chi connectivity index (χ2v) is 5.94. The van der Waals surface area contributed by atoms with Crippen molar-refractivity contribution in [1.82, 2.24) is 10.9 Å². The minimum atomic E-state index is -0.919. The summed E-state index contributed by atoms with van der Waals surface area (Å²) in [4.78, 5) is 47.0. The standard InChI is InChI=1S/C20H21N5O4/c1-13(24-25-20(29)19(28)22-15-8-4-3-5-9-15)12-18(27)23-17-11-7-6-10-16(17)21-14(2)26/h3-12,24H,1-2H3,(H,21,26)(H,22,28)(H,23,27)(H,25,29)/b13-12-. The van der Waals surface area contributed by atoms with E-state index in [1.807, 2.05) is 0 Å². The predicted molar refractivity (Wildman–Crippen MR) is 109 cm³/mol. The lowest BCUT2D eigenvalue weighted by Gasteiger charge is -2.11. The van der Waals surface area contributed by atoms with Crippen molar-refractivity contribution in [3.05, 3.63) is 66.4 Å². The Hall–Kier alpha value is -4.14. The quantitative estimate of drug-likeness (QED) is 0.289. The van der Waals surface area contributed by atoms with Crippen LogP contribution in [0.2, 0.25) is 0 Å². The van der Waals surface area contributed by atoms with Crippen LogP contribution in [-0.2, 0) is 19.2 Å². The van der Waals surface area contributed by atoms with Gasteiger partial charge in [-0.25, -0.2) is 0 Å². The van der Waals surface area contributed by atoms with Gasteiger partial charge >= 0.3 is 11.8 Å². The first-order valence-electron chi connectivity index (χ1n) is 8.63. The van der Waals surface area contributed by atoms with Crippen molar-refractivity contribution in [3.63, 3.8) is 0 Å². The number of carbonyl (C=O) groups is 4. The van der Waals surface area contributed by atoms with E-state index in [9.17, 15) is 19.2 Å². The van der Waals surface area contributed by atoms with Crippen molar-refractivity contribution in [2.45, 2.75) is 13.8 Å². The number of para-hydroxylation sites is 3. The third-order valence-corrected chi connectivity index (χ3v) is 3.45. The average molecular weight is 395 g/mol. The molecule has 9 nitrogen and oxygen atoms in total. The first-order chi connectivity index (χ1) is 13.8. The summed E-state index contributed by atoms with van der Waals surface area (Å²) >= 11 is 0. The highest BCUT2D eigenvalue weighted by Gasteiger charge is 2.13. The summed E-state index contributed by atoms with van der Waals surface area (Å²) in [5.74, 6) is -2.53. The van der Waals surface area contributed by atoms with Gasteiger partial charge in [0.25, 0.3) is 0 Å². The van der Waals surface area contributed by atoms with Crippen molar-refractivity contribution in [3.8, 4) is 0 Å². The molecule has 2 rings (SSSR count). The van der Waals surface area contributed by atoms with E-state index in [1.54, 1.807) is 54.6 Å². The van der Waals surface area contributed by atoms with E-state index in [0.29, 0.717) is 22.8 Å². The van der Waals surface area contributed by atoms with Crippen LogP contribution >= 0.6 is 0 Å². The average Bonchev–Trinajstić information content (AvgIpc) is 2.68. The molecule has 0 aromatic heterocycles.